The van der Waals surface area contributed by atoms with Crippen molar-refractivity contribution in [2.24, 2.45) is 0 Å². The van der Waals surface area contributed by atoms with Crippen LogP contribution in [0.25, 0.3) is 77.2 Å². The lowest BCUT2D eigenvalue weighted by Gasteiger charge is -2.27. The fraction of sp³-hybridized carbons (Fsp3) is 0. The molecule has 0 aromatic heterocycles. The molecule has 0 atom stereocenters. The molecule has 83 heavy (non-hydrogen) atoms. The van der Waals surface area contributed by atoms with Gasteiger partial charge in [0, 0.05) is 50.6 Å². The first-order valence-corrected chi connectivity index (χ1v) is 28.4. The highest BCUT2D eigenvalue weighted by molar-refractivity contribution is 6.00. The van der Waals surface area contributed by atoms with E-state index in [2.05, 4.69) is 360 Å². The Hall–Kier alpha value is -11.0. The summed E-state index contributed by atoms with van der Waals surface area (Å²) >= 11 is 0. The molecule has 0 aliphatic rings. The van der Waals surface area contributed by atoms with E-state index in [9.17, 15) is 0 Å². The van der Waals surface area contributed by atoms with Crippen molar-refractivity contribution < 1.29 is 0 Å². The Kier molecular flexibility index (Phi) is 13.7. The van der Waals surface area contributed by atoms with Gasteiger partial charge in [-0.3, -0.25) is 0 Å². The van der Waals surface area contributed by atoms with Crippen LogP contribution >= 0.6 is 0 Å². The zero-order valence-corrected chi connectivity index (χ0v) is 45.8. The molecule has 0 bridgehead atoms. The third-order valence-electron chi connectivity index (χ3n) is 15.9. The molecule has 0 saturated carbocycles. The van der Waals surface area contributed by atoms with Gasteiger partial charge in [0.25, 0.3) is 0 Å². The van der Waals surface area contributed by atoms with Crippen LogP contribution < -0.4 is 14.7 Å². The van der Waals surface area contributed by atoms with Crippen molar-refractivity contribution in [3.8, 4) is 55.6 Å². The van der Waals surface area contributed by atoms with E-state index in [1.54, 1.807) is 0 Å². The van der Waals surface area contributed by atoms with Gasteiger partial charge in [-0.05, 0) is 163 Å². The van der Waals surface area contributed by atoms with Crippen LogP contribution in [0.1, 0.15) is 0 Å². The second-order valence-corrected chi connectivity index (χ2v) is 20.9. The fourth-order valence-corrected chi connectivity index (χ4v) is 11.6. The third-order valence-corrected chi connectivity index (χ3v) is 15.9. The van der Waals surface area contributed by atoms with E-state index < -0.39 is 0 Å². The number of rotatable bonds is 14. The molecule has 0 aliphatic carbocycles. The van der Waals surface area contributed by atoms with Gasteiger partial charge in [-0.2, -0.15) is 0 Å². The summed E-state index contributed by atoms with van der Waals surface area (Å²) in [6, 6.07) is 125. The molecular formula is C80H57N3. The first-order chi connectivity index (χ1) is 41.1. The number of anilines is 9. The zero-order chi connectivity index (χ0) is 55.3. The highest BCUT2D eigenvalue weighted by atomic mass is 15.2. The summed E-state index contributed by atoms with van der Waals surface area (Å²) in [6.07, 6.45) is 0. The van der Waals surface area contributed by atoms with Gasteiger partial charge in [0.1, 0.15) is 0 Å². The lowest BCUT2D eigenvalue weighted by molar-refractivity contribution is 1.28. The molecule has 3 heteroatoms. The molecule has 14 aromatic rings. The standard InChI is InChI=1S/C80H57N3/c1-4-16-58(17-5-1)63-38-48-72(49-39-63)81(73-50-40-64(41-51-73)59-30-34-61(35-31-59)66-44-54-75(55-45-66)82(70-22-6-2-7-23-70)79-28-14-20-68-18-10-12-26-77(68)79)74-52-42-65(43-53-74)60-32-36-62(37-33-60)67-46-56-76(57-47-67)83(71-24-8-3-9-25-71)80-29-15-21-69-19-11-13-27-78(69)80/h1-57H. The quantitative estimate of drug-likeness (QED) is 0.107. The maximum atomic E-state index is 2.35. The average molecular weight is 1060 g/mol. The van der Waals surface area contributed by atoms with Gasteiger partial charge in [-0.15, -0.1) is 0 Å². The Morgan fingerprint density at radius 1 is 0.133 bits per heavy atom. The van der Waals surface area contributed by atoms with E-state index in [-0.39, 0.29) is 0 Å². The first-order valence-electron chi connectivity index (χ1n) is 28.4. The van der Waals surface area contributed by atoms with Gasteiger partial charge in [-0.25, -0.2) is 0 Å². The van der Waals surface area contributed by atoms with E-state index in [0.717, 1.165) is 62.3 Å². The highest BCUT2D eigenvalue weighted by Gasteiger charge is 2.19. The molecular weight excluding hydrogens is 1000 g/mol. The van der Waals surface area contributed by atoms with Crippen LogP contribution in [0.15, 0.2) is 346 Å². The Morgan fingerprint density at radius 2 is 0.337 bits per heavy atom. The lowest BCUT2D eigenvalue weighted by atomic mass is 9.99. The second kappa shape index (κ2) is 22.6. The Labute approximate surface area is 486 Å². The van der Waals surface area contributed by atoms with E-state index in [1.807, 2.05) is 0 Å². The number of nitrogens with zero attached hydrogens (tertiary/aromatic N) is 3. The van der Waals surface area contributed by atoms with Crippen LogP contribution in [0.3, 0.4) is 0 Å². The predicted octanol–water partition coefficient (Wildman–Crippen LogP) is 22.7. The molecule has 0 unspecified atom stereocenters. The second-order valence-electron chi connectivity index (χ2n) is 20.9. The molecule has 0 aliphatic heterocycles. The van der Waals surface area contributed by atoms with Crippen molar-refractivity contribution in [1.82, 2.24) is 0 Å². The van der Waals surface area contributed by atoms with E-state index in [4.69, 9.17) is 0 Å². The third kappa shape index (κ3) is 10.3. The van der Waals surface area contributed by atoms with Gasteiger partial charge in [-0.1, -0.05) is 249 Å². The van der Waals surface area contributed by atoms with Crippen LogP contribution in [0.5, 0.6) is 0 Å². The maximum Gasteiger partial charge on any atom is 0.0540 e. The Bertz CT molecular complexity index is 4210. The van der Waals surface area contributed by atoms with Crippen molar-refractivity contribution in [2.75, 3.05) is 14.7 Å². The number of hydrogen-bond donors (Lipinski definition) is 0. The van der Waals surface area contributed by atoms with Crippen molar-refractivity contribution in [1.29, 1.82) is 0 Å². The van der Waals surface area contributed by atoms with Crippen molar-refractivity contribution in [2.45, 2.75) is 0 Å². The number of benzene rings is 14. The molecule has 3 nitrogen and oxygen atoms in total. The zero-order valence-electron chi connectivity index (χ0n) is 45.8. The Balaban J connectivity index is 0.709. The lowest BCUT2D eigenvalue weighted by Crippen LogP contribution is -2.10. The number of fused-ring (bicyclic) bond motifs is 2. The largest absolute Gasteiger partial charge is 0.311 e. The Morgan fingerprint density at radius 3 is 0.639 bits per heavy atom. The minimum absolute atomic E-state index is 1.08. The normalized spacial score (nSPS) is 11.1. The first kappa shape index (κ1) is 50.2. The number of hydrogen-bond acceptors (Lipinski definition) is 3. The van der Waals surface area contributed by atoms with Crippen LogP contribution in [0.4, 0.5) is 51.2 Å². The molecule has 0 fully saturated rings. The molecule has 0 radical (unpaired) electrons. The summed E-state index contributed by atoms with van der Waals surface area (Å²) in [5.41, 5.74) is 21.7. The summed E-state index contributed by atoms with van der Waals surface area (Å²) in [6.45, 7) is 0. The molecule has 0 saturated heterocycles. The van der Waals surface area contributed by atoms with E-state index in [1.165, 1.54) is 66.1 Å². The average Bonchev–Trinajstić information content (AvgIpc) is 3.60. The van der Waals surface area contributed by atoms with Crippen LogP contribution in [-0.4, -0.2) is 0 Å². The highest BCUT2D eigenvalue weighted by Crippen LogP contribution is 2.43. The summed E-state index contributed by atoms with van der Waals surface area (Å²) in [7, 11) is 0. The van der Waals surface area contributed by atoms with E-state index in [0.29, 0.717) is 0 Å². The molecule has 0 heterocycles. The summed E-state index contributed by atoms with van der Waals surface area (Å²) < 4.78 is 0. The van der Waals surface area contributed by atoms with Crippen molar-refractivity contribution in [3.05, 3.63) is 346 Å². The number of para-hydroxylation sites is 2. The van der Waals surface area contributed by atoms with Crippen LogP contribution in [-0.2, 0) is 0 Å². The topological polar surface area (TPSA) is 9.72 Å². The predicted molar refractivity (Wildman–Crippen MR) is 353 cm³/mol. The molecule has 14 aromatic carbocycles. The molecule has 0 N–H and O–H groups in total. The minimum atomic E-state index is 1.08. The van der Waals surface area contributed by atoms with Crippen molar-refractivity contribution >= 4 is 72.7 Å². The van der Waals surface area contributed by atoms with Crippen molar-refractivity contribution in [3.63, 3.8) is 0 Å². The van der Waals surface area contributed by atoms with Crippen LogP contribution in [0.2, 0.25) is 0 Å². The SMILES string of the molecule is c1ccc(-c2ccc(N(c3ccc(-c4ccc(-c5ccc(N(c6ccccc6)c6cccc7ccccc67)cc5)cc4)cc3)c3ccc(-c4ccc(-c5ccc(N(c6ccccc6)c6cccc7ccccc67)cc5)cc4)cc3)cc2)cc1. The van der Waals surface area contributed by atoms with Gasteiger partial charge in [0.15, 0.2) is 0 Å². The molecule has 14 rings (SSSR count). The summed E-state index contributed by atoms with van der Waals surface area (Å²) in [5, 5.41) is 4.87. The van der Waals surface area contributed by atoms with Gasteiger partial charge < -0.3 is 14.7 Å². The molecule has 0 amide bonds. The monoisotopic (exact) mass is 1060 g/mol. The van der Waals surface area contributed by atoms with Crippen LogP contribution in [0, 0.1) is 0 Å². The molecule has 392 valence electrons. The summed E-state index contributed by atoms with van der Waals surface area (Å²) in [5.74, 6) is 0. The van der Waals surface area contributed by atoms with Gasteiger partial charge in [0.2, 0.25) is 0 Å². The van der Waals surface area contributed by atoms with Gasteiger partial charge >= 0.3 is 0 Å². The van der Waals surface area contributed by atoms with E-state index >= 15 is 0 Å². The minimum Gasteiger partial charge on any atom is -0.311 e. The van der Waals surface area contributed by atoms with Gasteiger partial charge in [0.05, 0.1) is 11.4 Å². The fourth-order valence-electron chi connectivity index (χ4n) is 11.6. The smallest absolute Gasteiger partial charge is 0.0540 e. The molecule has 0 spiro atoms. The summed E-state index contributed by atoms with van der Waals surface area (Å²) in [4.78, 5) is 7.05. The maximum absolute atomic E-state index is 2.35.